The zero-order chi connectivity index (χ0) is 14.2. The maximum absolute atomic E-state index is 14.3. The minimum Gasteiger partial charge on any atom is -0.318 e. The van der Waals surface area contributed by atoms with Gasteiger partial charge < -0.3 is 5.73 Å². The molecular formula is C17H20FN. The number of hydrogen-bond donors (Lipinski definition) is 1. The molecule has 2 N–H and O–H groups in total. The summed E-state index contributed by atoms with van der Waals surface area (Å²) in [5.41, 5.74) is 10.0. The van der Waals surface area contributed by atoms with Crippen LogP contribution in [0.5, 0.6) is 0 Å². The molecule has 1 atom stereocenters. The number of benzene rings is 2. The van der Waals surface area contributed by atoms with E-state index in [0.29, 0.717) is 5.56 Å². The highest BCUT2D eigenvalue weighted by Crippen LogP contribution is 2.32. The molecule has 0 saturated heterocycles. The van der Waals surface area contributed by atoms with Crippen LogP contribution in [0.15, 0.2) is 36.4 Å². The Kier molecular flexibility index (Phi) is 3.46. The third kappa shape index (κ3) is 2.54. The summed E-state index contributed by atoms with van der Waals surface area (Å²) in [6.07, 6.45) is 0. The van der Waals surface area contributed by atoms with E-state index >= 15 is 0 Å². The first-order valence-electron chi connectivity index (χ1n) is 6.45. The van der Waals surface area contributed by atoms with Crippen molar-refractivity contribution in [1.29, 1.82) is 0 Å². The summed E-state index contributed by atoms with van der Waals surface area (Å²) in [5.74, 6) is -0.232. The fourth-order valence-electron chi connectivity index (χ4n) is 2.69. The Morgan fingerprint density at radius 2 is 1.68 bits per heavy atom. The van der Waals surface area contributed by atoms with Crippen LogP contribution in [0.3, 0.4) is 0 Å². The summed E-state index contributed by atoms with van der Waals surface area (Å²) < 4.78 is 14.3. The maximum atomic E-state index is 14.3. The molecule has 2 aromatic carbocycles. The van der Waals surface area contributed by atoms with Crippen LogP contribution in [-0.4, -0.2) is 0 Å². The average Bonchev–Trinajstić information content (AvgIpc) is 2.26. The van der Waals surface area contributed by atoms with Gasteiger partial charge in [0.1, 0.15) is 5.82 Å². The molecule has 1 nitrogen and oxygen atoms in total. The van der Waals surface area contributed by atoms with Crippen LogP contribution >= 0.6 is 0 Å². The molecule has 2 rings (SSSR count). The number of hydrogen-bond acceptors (Lipinski definition) is 1. The van der Waals surface area contributed by atoms with E-state index in [1.54, 1.807) is 6.07 Å². The van der Waals surface area contributed by atoms with E-state index in [2.05, 4.69) is 0 Å². The Morgan fingerprint density at radius 1 is 1.00 bits per heavy atom. The van der Waals surface area contributed by atoms with E-state index < -0.39 is 5.54 Å². The Morgan fingerprint density at radius 3 is 2.26 bits per heavy atom. The normalized spacial score (nSPS) is 14.2. The Labute approximate surface area is 114 Å². The molecule has 100 valence electrons. The summed E-state index contributed by atoms with van der Waals surface area (Å²) in [6.45, 7) is 7.67. The van der Waals surface area contributed by atoms with Gasteiger partial charge in [-0.15, -0.1) is 0 Å². The van der Waals surface area contributed by atoms with Crippen LogP contribution < -0.4 is 5.73 Å². The van der Waals surface area contributed by atoms with Crippen molar-refractivity contribution in [3.63, 3.8) is 0 Å². The van der Waals surface area contributed by atoms with Gasteiger partial charge in [-0.05, 0) is 50.5 Å². The van der Waals surface area contributed by atoms with Crippen LogP contribution in [0.1, 0.15) is 34.7 Å². The largest absolute Gasteiger partial charge is 0.318 e. The molecule has 0 heterocycles. The molecule has 0 bridgehead atoms. The minimum absolute atomic E-state index is 0.232. The summed E-state index contributed by atoms with van der Waals surface area (Å²) >= 11 is 0. The highest BCUT2D eigenvalue weighted by molar-refractivity contribution is 5.44. The molecule has 0 aliphatic rings. The van der Waals surface area contributed by atoms with Gasteiger partial charge in [0.25, 0.3) is 0 Å². The van der Waals surface area contributed by atoms with Gasteiger partial charge in [0, 0.05) is 5.56 Å². The van der Waals surface area contributed by atoms with E-state index in [1.165, 1.54) is 0 Å². The van der Waals surface area contributed by atoms with Crippen LogP contribution in [-0.2, 0) is 5.54 Å². The lowest BCUT2D eigenvalue weighted by atomic mass is 9.82. The Bertz CT molecular complexity index is 591. The Balaban J connectivity index is 2.63. The molecule has 2 aromatic rings. The summed E-state index contributed by atoms with van der Waals surface area (Å²) in [7, 11) is 0. The monoisotopic (exact) mass is 257 g/mol. The lowest BCUT2D eigenvalue weighted by Crippen LogP contribution is -2.36. The first kappa shape index (κ1) is 13.8. The van der Waals surface area contributed by atoms with Crippen LogP contribution in [0, 0.1) is 26.6 Å². The molecular weight excluding hydrogens is 237 g/mol. The van der Waals surface area contributed by atoms with E-state index in [9.17, 15) is 4.39 Å². The predicted molar refractivity (Wildman–Crippen MR) is 77.7 cm³/mol. The van der Waals surface area contributed by atoms with E-state index in [1.807, 2.05) is 58.0 Å². The third-order valence-electron chi connectivity index (χ3n) is 3.57. The molecule has 0 saturated carbocycles. The smallest absolute Gasteiger partial charge is 0.129 e. The third-order valence-corrected chi connectivity index (χ3v) is 3.57. The molecule has 0 aliphatic carbocycles. The second-order valence-electron chi connectivity index (χ2n) is 5.51. The minimum atomic E-state index is -0.826. The van der Waals surface area contributed by atoms with Gasteiger partial charge in [-0.2, -0.15) is 0 Å². The van der Waals surface area contributed by atoms with E-state index in [0.717, 1.165) is 22.3 Å². The zero-order valence-corrected chi connectivity index (χ0v) is 11.9. The number of rotatable bonds is 2. The topological polar surface area (TPSA) is 26.0 Å². The number of aryl methyl sites for hydroxylation is 3. The van der Waals surface area contributed by atoms with Crippen molar-refractivity contribution >= 4 is 0 Å². The van der Waals surface area contributed by atoms with Crippen LogP contribution in [0.25, 0.3) is 0 Å². The van der Waals surface area contributed by atoms with Crippen molar-refractivity contribution in [1.82, 2.24) is 0 Å². The molecule has 1 unspecified atom stereocenters. The van der Waals surface area contributed by atoms with Crippen molar-refractivity contribution < 1.29 is 4.39 Å². The quantitative estimate of drug-likeness (QED) is 0.865. The van der Waals surface area contributed by atoms with Gasteiger partial charge in [0.2, 0.25) is 0 Å². The molecule has 0 radical (unpaired) electrons. The van der Waals surface area contributed by atoms with E-state index in [-0.39, 0.29) is 5.82 Å². The molecule has 0 spiro atoms. The van der Waals surface area contributed by atoms with Crippen molar-refractivity contribution in [3.05, 3.63) is 70.0 Å². The Hall–Kier alpha value is -1.67. The van der Waals surface area contributed by atoms with Gasteiger partial charge in [0.15, 0.2) is 0 Å². The molecule has 19 heavy (non-hydrogen) atoms. The molecule has 0 aromatic heterocycles. The molecule has 0 amide bonds. The fraction of sp³-hybridized carbons (Fsp3) is 0.294. The van der Waals surface area contributed by atoms with Crippen molar-refractivity contribution in [2.24, 2.45) is 5.73 Å². The lowest BCUT2D eigenvalue weighted by Gasteiger charge is -2.28. The maximum Gasteiger partial charge on any atom is 0.129 e. The number of nitrogens with two attached hydrogens (primary N) is 1. The van der Waals surface area contributed by atoms with Crippen LogP contribution in [0.2, 0.25) is 0 Å². The first-order valence-corrected chi connectivity index (χ1v) is 6.45. The van der Waals surface area contributed by atoms with Gasteiger partial charge in [-0.1, -0.05) is 35.9 Å². The average molecular weight is 257 g/mol. The van der Waals surface area contributed by atoms with Gasteiger partial charge in [0.05, 0.1) is 5.54 Å². The van der Waals surface area contributed by atoms with Crippen LogP contribution in [0.4, 0.5) is 4.39 Å². The SMILES string of the molecule is Cc1cccc(C(C)(N)c2c(C)cc(C)cc2F)c1. The second-order valence-corrected chi connectivity index (χ2v) is 5.51. The molecule has 0 fully saturated rings. The highest BCUT2D eigenvalue weighted by Gasteiger charge is 2.29. The second kappa shape index (κ2) is 4.78. The lowest BCUT2D eigenvalue weighted by molar-refractivity contribution is 0.526. The van der Waals surface area contributed by atoms with Gasteiger partial charge in [-0.25, -0.2) is 4.39 Å². The summed E-state index contributed by atoms with van der Waals surface area (Å²) in [6, 6.07) is 11.4. The van der Waals surface area contributed by atoms with E-state index in [4.69, 9.17) is 5.73 Å². The fourth-order valence-corrected chi connectivity index (χ4v) is 2.69. The van der Waals surface area contributed by atoms with Crippen molar-refractivity contribution in [2.45, 2.75) is 33.2 Å². The van der Waals surface area contributed by atoms with Crippen molar-refractivity contribution in [2.75, 3.05) is 0 Å². The molecule has 0 aliphatic heterocycles. The number of halogens is 1. The predicted octanol–water partition coefficient (Wildman–Crippen LogP) is 3.97. The van der Waals surface area contributed by atoms with Gasteiger partial charge >= 0.3 is 0 Å². The standard InChI is InChI=1S/C17H20FN/c1-11-6-5-7-14(9-11)17(4,19)16-13(3)8-12(2)10-15(16)18/h5-10H,19H2,1-4H3. The zero-order valence-electron chi connectivity index (χ0n) is 11.9. The summed E-state index contributed by atoms with van der Waals surface area (Å²) in [5, 5.41) is 0. The molecule has 2 heteroatoms. The van der Waals surface area contributed by atoms with Crippen molar-refractivity contribution in [3.8, 4) is 0 Å². The summed E-state index contributed by atoms with van der Waals surface area (Å²) in [4.78, 5) is 0. The highest BCUT2D eigenvalue weighted by atomic mass is 19.1. The van der Waals surface area contributed by atoms with Gasteiger partial charge in [-0.3, -0.25) is 0 Å². The first-order chi connectivity index (χ1) is 8.82.